The molecule has 0 atom stereocenters. The molecule has 0 saturated heterocycles. The smallest absolute Gasteiger partial charge is 0.137 e. The first kappa shape index (κ1) is 33.2. The van der Waals surface area contributed by atoms with Crippen LogP contribution in [0.3, 0.4) is 0 Å². The SMILES string of the molecule is c1ccc(-c2ccc(-c3ccc(N(c4ccccc4)c4cccc5c4-c4ccccc4-c4ccc(-c6ccc(-c7ccccc7)cc6)cc4O5)cc3)cc2)cc1. The highest BCUT2D eigenvalue weighted by Gasteiger charge is 2.26. The molecule has 0 aliphatic carbocycles. The molecule has 56 heavy (non-hydrogen) atoms. The van der Waals surface area contributed by atoms with Crippen molar-refractivity contribution in [1.82, 2.24) is 0 Å². The van der Waals surface area contributed by atoms with Gasteiger partial charge in [-0.2, -0.15) is 0 Å². The summed E-state index contributed by atoms with van der Waals surface area (Å²) in [6.07, 6.45) is 0. The molecule has 1 aliphatic heterocycles. The van der Waals surface area contributed by atoms with Crippen LogP contribution in [0, 0.1) is 0 Å². The minimum absolute atomic E-state index is 0.821. The van der Waals surface area contributed by atoms with Crippen molar-refractivity contribution in [3.8, 4) is 78.3 Å². The number of nitrogens with zero attached hydrogens (tertiary/aromatic N) is 1. The van der Waals surface area contributed by atoms with Gasteiger partial charge in [0, 0.05) is 22.5 Å². The lowest BCUT2D eigenvalue weighted by atomic mass is 9.92. The molecule has 2 nitrogen and oxygen atoms in total. The maximum Gasteiger partial charge on any atom is 0.137 e. The number of benzene rings is 9. The Morgan fingerprint density at radius 3 is 1.27 bits per heavy atom. The van der Waals surface area contributed by atoms with E-state index in [0.717, 1.165) is 61.9 Å². The third-order valence-corrected chi connectivity index (χ3v) is 10.7. The van der Waals surface area contributed by atoms with Gasteiger partial charge in [0.25, 0.3) is 0 Å². The van der Waals surface area contributed by atoms with Gasteiger partial charge in [-0.15, -0.1) is 0 Å². The van der Waals surface area contributed by atoms with E-state index in [4.69, 9.17) is 4.74 Å². The summed E-state index contributed by atoms with van der Waals surface area (Å²) in [6.45, 7) is 0. The first-order valence-corrected chi connectivity index (χ1v) is 19.1. The summed E-state index contributed by atoms with van der Waals surface area (Å²) in [5.74, 6) is 1.66. The van der Waals surface area contributed by atoms with Crippen LogP contribution in [-0.2, 0) is 0 Å². The standard InChI is InChI=1S/C54H37NO/c1-4-13-38(14-5-1)40-23-25-42(26-24-40)43-31-34-47(35-32-43)55(46-17-8-3-9-18-46)51-21-12-22-52-54(51)50-20-11-10-19-48(50)49-36-33-45(37-53(49)56-52)44-29-27-41(28-30-44)39-15-6-2-7-16-39/h1-37H. The van der Waals surface area contributed by atoms with E-state index in [1.54, 1.807) is 0 Å². The molecule has 0 aromatic heterocycles. The summed E-state index contributed by atoms with van der Waals surface area (Å²) in [7, 11) is 0. The molecule has 0 unspecified atom stereocenters. The fourth-order valence-corrected chi connectivity index (χ4v) is 7.90. The fraction of sp³-hybridized carbons (Fsp3) is 0. The van der Waals surface area contributed by atoms with Gasteiger partial charge in [-0.05, 0) is 104 Å². The van der Waals surface area contributed by atoms with E-state index in [9.17, 15) is 0 Å². The largest absolute Gasteiger partial charge is 0.456 e. The molecule has 1 aliphatic rings. The number of anilines is 3. The predicted molar refractivity (Wildman–Crippen MR) is 234 cm³/mol. The quantitative estimate of drug-likeness (QED) is 0.163. The maximum absolute atomic E-state index is 6.99. The summed E-state index contributed by atoms with van der Waals surface area (Å²) in [6, 6.07) is 79.8. The number of hydrogen-bond acceptors (Lipinski definition) is 2. The average Bonchev–Trinajstić information content (AvgIpc) is 3.42. The van der Waals surface area contributed by atoms with Crippen molar-refractivity contribution in [2.45, 2.75) is 0 Å². The Morgan fingerprint density at radius 1 is 0.268 bits per heavy atom. The van der Waals surface area contributed by atoms with E-state index in [0.29, 0.717) is 0 Å². The Hall–Kier alpha value is -7.42. The average molecular weight is 716 g/mol. The van der Waals surface area contributed by atoms with Gasteiger partial charge in [0.2, 0.25) is 0 Å². The van der Waals surface area contributed by atoms with E-state index < -0.39 is 0 Å². The molecule has 0 bridgehead atoms. The second-order valence-corrected chi connectivity index (χ2v) is 14.1. The van der Waals surface area contributed by atoms with Gasteiger partial charge in [0.15, 0.2) is 0 Å². The zero-order valence-electron chi connectivity index (χ0n) is 30.7. The number of hydrogen-bond donors (Lipinski definition) is 0. The number of rotatable bonds is 7. The second-order valence-electron chi connectivity index (χ2n) is 14.1. The van der Waals surface area contributed by atoms with Gasteiger partial charge < -0.3 is 9.64 Å². The van der Waals surface area contributed by atoms with Gasteiger partial charge >= 0.3 is 0 Å². The Balaban J connectivity index is 1.04. The molecule has 0 saturated carbocycles. The normalized spacial score (nSPS) is 11.4. The molecule has 2 heteroatoms. The van der Waals surface area contributed by atoms with Gasteiger partial charge in [0.1, 0.15) is 11.5 Å². The molecular formula is C54H37NO. The van der Waals surface area contributed by atoms with E-state index in [1.807, 2.05) is 0 Å². The van der Waals surface area contributed by atoms with Crippen LogP contribution < -0.4 is 9.64 Å². The van der Waals surface area contributed by atoms with Crippen molar-refractivity contribution in [3.63, 3.8) is 0 Å². The molecule has 0 radical (unpaired) electrons. The van der Waals surface area contributed by atoms with Crippen LogP contribution in [0.15, 0.2) is 224 Å². The molecule has 0 amide bonds. The molecule has 9 aromatic carbocycles. The highest BCUT2D eigenvalue weighted by atomic mass is 16.5. The van der Waals surface area contributed by atoms with Crippen molar-refractivity contribution in [2.75, 3.05) is 4.90 Å². The molecule has 9 aromatic rings. The Kier molecular flexibility index (Phi) is 8.55. The van der Waals surface area contributed by atoms with Crippen LogP contribution in [-0.4, -0.2) is 0 Å². The minimum atomic E-state index is 0.821. The summed E-state index contributed by atoms with van der Waals surface area (Å²) >= 11 is 0. The minimum Gasteiger partial charge on any atom is -0.456 e. The fourth-order valence-electron chi connectivity index (χ4n) is 7.90. The van der Waals surface area contributed by atoms with Crippen LogP contribution in [0.25, 0.3) is 66.8 Å². The number of ether oxygens (including phenoxy) is 1. The Labute approximate surface area is 328 Å². The predicted octanol–water partition coefficient (Wildman–Crippen LogP) is 15.3. The Morgan fingerprint density at radius 2 is 0.696 bits per heavy atom. The molecule has 10 rings (SSSR count). The van der Waals surface area contributed by atoms with Crippen molar-refractivity contribution in [1.29, 1.82) is 0 Å². The summed E-state index contributed by atoms with van der Waals surface area (Å²) < 4.78 is 6.99. The van der Waals surface area contributed by atoms with Crippen LogP contribution in [0.2, 0.25) is 0 Å². The highest BCUT2D eigenvalue weighted by Crippen LogP contribution is 2.53. The van der Waals surface area contributed by atoms with E-state index >= 15 is 0 Å². The van der Waals surface area contributed by atoms with Crippen molar-refractivity contribution in [2.24, 2.45) is 0 Å². The van der Waals surface area contributed by atoms with Gasteiger partial charge in [-0.1, -0.05) is 176 Å². The summed E-state index contributed by atoms with van der Waals surface area (Å²) in [4.78, 5) is 2.34. The van der Waals surface area contributed by atoms with Crippen molar-refractivity contribution >= 4 is 17.1 Å². The third-order valence-electron chi connectivity index (χ3n) is 10.7. The number of fused-ring (bicyclic) bond motifs is 5. The molecule has 1 heterocycles. The lowest BCUT2D eigenvalue weighted by Crippen LogP contribution is -2.11. The van der Waals surface area contributed by atoms with Crippen LogP contribution in [0.5, 0.6) is 11.5 Å². The van der Waals surface area contributed by atoms with E-state index in [2.05, 4.69) is 229 Å². The van der Waals surface area contributed by atoms with Gasteiger partial charge in [-0.25, -0.2) is 0 Å². The molecule has 0 N–H and O–H groups in total. The highest BCUT2D eigenvalue weighted by molar-refractivity contribution is 5.99. The first-order valence-electron chi connectivity index (χ1n) is 19.1. The lowest BCUT2D eigenvalue weighted by Gasteiger charge is -2.29. The van der Waals surface area contributed by atoms with Crippen molar-refractivity contribution in [3.05, 3.63) is 224 Å². The summed E-state index contributed by atoms with van der Waals surface area (Å²) in [5.41, 5.74) is 17.0. The van der Waals surface area contributed by atoms with E-state index in [-0.39, 0.29) is 0 Å². The molecule has 0 spiro atoms. The van der Waals surface area contributed by atoms with Gasteiger partial charge in [-0.3, -0.25) is 0 Å². The van der Waals surface area contributed by atoms with Crippen LogP contribution in [0.1, 0.15) is 0 Å². The zero-order chi connectivity index (χ0) is 37.3. The maximum atomic E-state index is 6.99. The van der Waals surface area contributed by atoms with Crippen molar-refractivity contribution < 1.29 is 4.74 Å². The first-order chi connectivity index (χ1) is 27.8. The summed E-state index contributed by atoms with van der Waals surface area (Å²) in [5, 5.41) is 0. The molecule has 0 fully saturated rings. The third kappa shape index (κ3) is 6.24. The van der Waals surface area contributed by atoms with Crippen LogP contribution in [0.4, 0.5) is 17.1 Å². The Bertz CT molecular complexity index is 2780. The van der Waals surface area contributed by atoms with E-state index in [1.165, 1.54) is 33.4 Å². The second kappa shape index (κ2) is 14.4. The number of para-hydroxylation sites is 1. The lowest BCUT2D eigenvalue weighted by molar-refractivity contribution is 0.488. The molecule has 264 valence electrons. The monoisotopic (exact) mass is 715 g/mol. The zero-order valence-corrected chi connectivity index (χ0v) is 30.7. The topological polar surface area (TPSA) is 12.5 Å². The molecular weight excluding hydrogens is 679 g/mol. The van der Waals surface area contributed by atoms with Gasteiger partial charge in [0.05, 0.1) is 5.69 Å². The van der Waals surface area contributed by atoms with Crippen LogP contribution >= 0.6 is 0 Å².